The second-order valence-electron chi connectivity index (χ2n) is 9.28. The summed E-state index contributed by atoms with van der Waals surface area (Å²) in [6.45, 7) is 4.45. The maximum Gasteiger partial charge on any atom is 0.228 e. The largest absolute Gasteiger partial charge is 0.492 e. The maximum absolute atomic E-state index is 12.8. The lowest BCUT2D eigenvalue weighted by Crippen LogP contribution is -2.48. The van der Waals surface area contributed by atoms with Crippen LogP contribution in [0.4, 0.5) is 0 Å². The zero-order chi connectivity index (χ0) is 21.5. The first-order chi connectivity index (χ1) is 15.1. The standard InChI is InChI=1S/C26H35N3O2/c1-28-18-19-31-24-11-3-2-8-22(24)9-4-6-12-26(21-28)13-16-29(17-14-26)25(30)20-23-10-5-7-15-27-23/h2-3,5,7-8,10-11,15H,4,6,9,12-14,16-21H2,1H3. The first-order valence-electron chi connectivity index (χ1n) is 11.7. The minimum Gasteiger partial charge on any atom is -0.492 e. The lowest BCUT2D eigenvalue weighted by Gasteiger charge is -2.44. The number of likely N-dealkylation sites (tertiary alicyclic amines) is 1. The molecule has 0 bridgehead atoms. The van der Waals surface area contributed by atoms with Gasteiger partial charge in [-0.2, -0.15) is 0 Å². The lowest BCUT2D eigenvalue weighted by atomic mass is 9.73. The molecular weight excluding hydrogens is 386 g/mol. The summed E-state index contributed by atoms with van der Waals surface area (Å²) in [4.78, 5) is 21.6. The van der Waals surface area contributed by atoms with Crippen LogP contribution in [0, 0.1) is 5.41 Å². The van der Waals surface area contributed by atoms with Crippen molar-refractivity contribution in [2.45, 2.75) is 44.9 Å². The van der Waals surface area contributed by atoms with Crippen molar-refractivity contribution in [1.82, 2.24) is 14.8 Å². The van der Waals surface area contributed by atoms with Crippen molar-refractivity contribution in [1.29, 1.82) is 0 Å². The minimum absolute atomic E-state index is 0.208. The van der Waals surface area contributed by atoms with Gasteiger partial charge in [0.05, 0.1) is 6.42 Å². The topological polar surface area (TPSA) is 45.7 Å². The second kappa shape index (κ2) is 10.3. The van der Waals surface area contributed by atoms with Crippen LogP contribution in [0.2, 0.25) is 0 Å². The number of amides is 1. The van der Waals surface area contributed by atoms with Gasteiger partial charge in [0.2, 0.25) is 5.91 Å². The molecule has 5 nitrogen and oxygen atoms in total. The number of pyridine rings is 1. The van der Waals surface area contributed by atoms with Gasteiger partial charge in [-0.05, 0) is 68.3 Å². The Balaban J connectivity index is 1.36. The van der Waals surface area contributed by atoms with E-state index in [-0.39, 0.29) is 5.91 Å². The maximum atomic E-state index is 12.8. The van der Waals surface area contributed by atoms with Gasteiger partial charge in [0.1, 0.15) is 12.4 Å². The van der Waals surface area contributed by atoms with E-state index in [0.717, 1.165) is 63.5 Å². The number of aryl methyl sites for hydroxylation is 1. The van der Waals surface area contributed by atoms with Gasteiger partial charge in [-0.15, -0.1) is 0 Å². The molecule has 4 rings (SSSR count). The van der Waals surface area contributed by atoms with Crippen LogP contribution in [-0.4, -0.2) is 60.5 Å². The number of piperidine rings is 1. The van der Waals surface area contributed by atoms with E-state index < -0.39 is 0 Å². The molecule has 0 unspecified atom stereocenters. The number of likely N-dealkylation sites (N-methyl/N-ethyl adjacent to an activating group) is 1. The Kier molecular flexibility index (Phi) is 7.23. The number of benzene rings is 1. The monoisotopic (exact) mass is 421 g/mol. The quantitative estimate of drug-likeness (QED) is 0.736. The number of nitrogens with zero attached hydrogens (tertiary/aromatic N) is 3. The molecule has 31 heavy (non-hydrogen) atoms. The molecule has 2 aromatic rings. The molecular formula is C26H35N3O2. The number of aromatic nitrogens is 1. The summed E-state index contributed by atoms with van der Waals surface area (Å²) in [5, 5.41) is 0. The number of carbonyl (C=O) groups is 1. The number of ether oxygens (including phenoxy) is 1. The SMILES string of the molecule is CN1CCOc2ccccc2CCCCC2(CCN(C(=O)Cc3ccccn3)CC2)C1. The van der Waals surface area contributed by atoms with Crippen molar-refractivity contribution in [3.05, 3.63) is 59.9 Å². The summed E-state index contributed by atoms with van der Waals surface area (Å²) in [6.07, 6.45) is 9.07. The zero-order valence-electron chi connectivity index (χ0n) is 18.8. The predicted octanol–water partition coefficient (Wildman–Crippen LogP) is 3.97. The Morgan fingerprint density at radius 2 is 1.84 bits per heavy atom. The fourth-order valence-electron chi connectivity index (χ4n) is 5.12. The van der Waals surface area contributed by atoms with Crippen molar-refractivity contribution in [2.24, 2.45) is 5.41 Å². The third kappa shape index (κ3) is 5.85. The highest BCUT2D eigenvalue weighted by molar-refractivity contribution is 5.78. The molecule has 1 amide bonds. The molecule has 2 aliphatic rings. The van der Waals surface area contributed by atoms with Gasteiger partial charge < -0.3 is 14.5 Å². The fourth-order valence-corrected chi connectivity index (χ4v) is 5.12. The summed E-state index contributed by atoms with van der Waals surface area (Å²) in [6, 6.07) is 14.2. The normalized spacial score (nSPS) is 20.2. The molecule has 3 heterocycles. The van der Waals surface area contributed by atoms with Crippen LogP contribution >= 0.6 is 0 Å². The summed E-state index contributed by atoms with van der Waals surface area (Å²) in [5.74, 6) is 1.26. The molecule has 166 valence electrons. The van der Waals surface area contributed by atoms with E-state index in [1.807, 2.05) is 18.2 Å². The molecule has 0 atom stereocenters. The van der Waals surface area contributed by atoms with Crippen molar-refractivity contribution < 1.29 is 9.53 Å². The Labute approximate surface area is 186 Å². The highest BCUT2D eigenvalue weighted by Gasteiger charge is 2.36. The zero-order valence-corrected chi connectivity index (χ0v) is 18.8. The summed E-state index contributed by atoms with van der Waals surface area (Å²) >= 11 is 0. The van der Waals surface area contributed by atoms with Crippen molar-refractivity contribution in [3.8, 4) is 5.75 Å². The van der Waals surface area contributed by atoms with Crippen molar-refractivity contribution >= 4 is 5.91 Å². The van der Waals surface area contributed by atoms with Gasteiger partial charge in [0.15, 0.2) is 0 Å². The van der Waals surface area contributed by atoms with Crippen LogP contribution < -0.4 is 4.74 Å². The number of rotatable bonds is 2. The van der Waals surface area contributed by atoms with E-state index in [0.29, 0.717) is 11.8 Å². The van der Waals surface area contributed by atoms with Gasteiger partial charge in [-0.25, -0.2) is 0 Å². The van der Waals surface area contributed by atoms with Gasteiger partial charge in [0, 0.05) is 38.1 Å². The molecule has 2 aliphatic heterocycles. The van der Waals surface area contributed by atoms with E-state index in [2.05, 4.69) is 46.1 Å². The predicted molar refractivity (Wildman–Crippen MR) is 123 cm³/mol. The fraction of sp³-hybridized carbons (Fsp3) is 0.538. The highest BCUT2D eigenvalue weighted by Crippen LogP contribution is 2.38. The van der Waals surface area contributed by atoms with Crippen LogP contribution in [0.5, 0.6) is 5.75 Å². The van der Waals surface area contributed by atoms with E-state index in [1.54, 1.807) is 6.20 Å². The minimum atomic E-state index is 0.208. The molecule has 1 aromatic carbocycles. The Hall–Kier alpha value is -2.40. The average molecular weight is 422 g/mol. The van der Waals surface area contributed by atoms with Crippen molar-refractivity contribution in [2.75, 3.05) is 39.8 Å². The number of fused-ring (bicyclic) bond motifs is 1. The van der Waals surface area contributed by atoms with E-state index in [4.69, 9.17) is 4.74 Å². The third-order valence-corrected chi connectivity index (χ3v) is 6.95. The molecule has 5 heteroatoms. The smallest absolute Gasteiger partial charge is 0.228 e. The van der Waals surface area contributed by atoms with Crippen LogP contribution in [0.1, 0.15) is 43.4 Å². The number of hydrogen-bond acceptors (Lipinski definition) is 4. The highest BCUT2D eigenvalue weighted by atomic mass is 16.5. The third-order valence-electron chi connectivity index (χ3n) is 6.95. The molecule has 1 spiro atoms. The Morgan fingerprint density at radius 3 is 2.65 bits per heavy atom. The molecule has 1 fully saturated rings. The second-order valence-corrected chi connectivity index (χ2v) is 9.28. The van der Waals surface area contributed by atoms with E-state index in [9.17, 15) is 4.79 Å². The number of para-hydroxylation sites is 1. The van der Waals surface area contributed by atoms with Crippen molar-refractivity contribution in [3.63, 3.8) is 0 Å². The van der Waals surface area contributed by atoms with Gasteiger partial charge in [-0.3, -0.25) is 9.78 Å². The van der Waals surface area contributed by atoms with Crippen LogP contribution in [-0.2, 0) is 17.6 Å². The lowest BCUT2D eigenvalue weighted by molar-refractivity contribution is -0.133. The van der Waals surface area contributed by atoms with Crippen LogP contribution in [0.25, 0.3) is 0 Å². The molecule has 0 N–H and O–H groups in total. The summed E-state index contributed by atoms with van der Waals surface area (Å²) < 4.78 is 6.11. The van der Waals surface area contributed by atoms with Crippen LogP contribution in [0.15, 0.2) is 48.7 Å². The molecule has 1 saturated heterocycles. The molecule has 0 saturated carbocycles. The van der Waals surface area contributed by atoms with Gasteiger partial charge in [-0.1, -0.05) is 30.7 Å². The summed E-state index contributed by atoms with van der Waals surface area (Å²) in [5.41, 5.74) is 2.49. The molecule has 0 radical (unpaired) electrons. The number of carbonyl (C=O) groups excluding carboxylic acids is 1. The number of hydrogen-bond donors (Lipinski definition) is 0. The van der Waals surface area contributed by atoms with Gasteiger partial charge >= 0.3 is 0 Å². The Morgan fingerprint density at radius 1 is 1.03 bits per heavy atom. The molecule has 0 aliphatic carbocycles. The van der Waals surface area contributed by atoms with E-state index >= 15 is 0 Å². The Bertz CT molecular complexity index is 847. The first kappa shape index (κ1) is 21.8. The average Bonchev–Trinajstić information content (AvgIpc) is 2.78. The first-order valence-corrected chi connectivity index (χ1v) is 11.7. The van der Waals surface area contributed by atoms with E-state index in [1.165, 1.54) is 24.8 Å². The molecule has 1 aromatic heterocycles. The summed E-state index contributed by atoms with van der Waals surface area (Å²) in [7, 11) is 2.21. The van der Waals surface area contributed by atoms with Gasteiger partial charge in [0.25, 0.3) is 0 Å². The van der Waals surface area contributed by atoms with Crippen LogP contribution in [0.3, 0.4) is 0 Å².